The topological polar surface area (TPSA) is 0 Å². The van der Waals surface area contributed by atoms with Gasteiger partial charge in [0, 0.05) is 15.2 Å². The van der Waals surface area contributed by atoms with E-state index in [9.17, 15) is 0 Å². The van der Waals surface area contributed by atoms with E-state index in [1.807, 2.05) is 11.8 Å². The highest BCUT2D eigenvalue weighted by Crippen LogP contribution is 2.59. The van der Waals surface area contributed by atoms with Crippen molar-refractivity contribution in [3.8, 4) is 33.4 Å². The van der Waals surface area contributed by atoms with Crippen LogP contribution >= 0.6 is 11.8 Å². The standard InChI is InChI=1S/C45H28S/c1-3-14-32(15-4-1)45(33-16-5-2-6-17-33)39-27-24-29-12-7-8-18-34(29)43(39)38-26-23-31(28-40(38)45)35-25-22-30-13-11-20-37-36-19-9-10-21-41(36)46-44(35)42(30)37/h1-28H. The third kappa shape index (κ3) is 3.47. The first-order chi connectivity index (χ1) is 22.8. The van der Waals surface area contributed by atoms with Gasteiger partial charge in [-0.25, -0.2) is 0 Å². The third-order valence-corrected chi connectivity index (χ3v) is 11.3. The van der Waals surface area contributed by atoms with Crippen molar-refractivity contribution in [3.05, 3.63) is 192 Å². The summed E-state index contributed by atoms with van der Waals surface area (Å²) in [7, 11) is 0. The number of hydrogen-bond donors (Lipinski definition) is 0. The van der Waals surface area contributed by atoms with E-state index in [1.165, 1.54) is 87.0 Å². The quantitative estimate of drug-likeness (QED) is 0.194. The Bertz CT molecular complexity index is 2450. The molecule has 1 aliphatic carbocycles. The zero-order valence-corrected chi connectivity index (χ0v) is 25.9. The van der Waals surface area contributed by atoms with E-state index in [1.54, 1.807) is 0 Å². The lowest BCUT2D eigenvalue weighted by Gasteiger charge is -2.34. The van der Waals surface area contributed by atoms with Crippen LogP contribution in [0.3, 0.4) is 0 Å². The number of rotatable bonds is 3. The molecule has 0 fully saturated rings. The zero-order valence-electron chi connectivity index (χ0n) is 25.1. The Morgan fingerprint density at radius 1 is 0.413 bits per heavy atom. The highest BCUT2D eigenvalue weighted by atomic mass is 32.2. The SMILES string of the molecule is c1ccc(C2(c3ccccc3)c3cc(-c4ccc5cccc6c5c4Sc4ccccc4-6)ccc3-c3c2ccc2ccccc32)cc1. The Kier molecular flexibility index (Phi) is 5.53. The summed E-state index contributed by atoms with van der Waals surface area (Å²) in [5.41, 5.74) is 12.7. The van der Waals surface area contributed by atoms with Crippen LogP contribution in [0.25, 0.3) is 54.9 Å². The van der Waals surface area contributed by atoms with Gasteiger partial charge in [-0.15, -0.1) is 0 Å². The molecule has 0 spiro atoms. The van der Waals surface area contributed by atoms with Gasteiger partial charge in [-0.1, -0.05) is 169 Å². The Hall–Kier alpha value is -5.37. The van der Waals surface area contributed by atoms with Crippen molar-refractivity contribution < 1.29 is 0 Å². The first-order valence-corrected chi connectivity index (χ1v) is 16.8. The fraction of sp³-hybridized carbons (Fsp3) is 0.0222. The average molecular weight is 601 g/mol. The minimum absolute atomic E-state index is 0.452. The zero-order chi connectivity index (χ0) is 30.2. The summed E-state index contributed by atoms with van der Waals surface area (Å²) in [6.45, 7) is 0. The molecule has 0 saturated heterocycles. The van der Waals surface area contributed by atoms with Crippen molar-refractivity contribution >= 4 is 33.3 Å². The Labute approximate surface area is 273 Å². The molecule has 46 heavy (non-hydrogen) atoms. The molecule has 10 rings (SSSR count). The van der Waals surface area contributed by atoms with Gasteiger partial charge in [0.05, 0.1) is 5.41 Å². The lowest BCUT2D eigenvalue weighted by Crippen LogP contribution is -2.28. The van der Waals surface area contributed by atoms with Crippen LogP contribution in [0.4, 0.5) is 0 Å². The fourth-order valence-corrected chi connectivity index (χ4v) is 9.50. The minimum Gasteiger partial charge on any atom is -0.0881 e. The minimum atomic E-state index is -0.452. The lowest BCUT2D eigenvalue weighted by atomic mass is 9.67. The smallest absolute Gasteiger partial charge is 0.0714 e. The molecule has 0 atom stereocenters. The van der Waals surface area contributed by atoms with E-state index in [2.05, 4.69) is 170 Å². The monoisotopic (exact) mass is 600 g/mol. The predicted octanol–water partition coefficient (Wildman–Crippen LogP) is 12.2. The van der Waals surface area contributed by atoms with Crippen LogP contribution in [0.5, 0.6) is 0 Å². The molecular formula is C45H28S. The van der Waals surface area contributed by atoms with E-state index < -0.39 is 5.41 Å². The molecule has 0 saturated carbocycles. The van der Waals surface area contributed by atoms with Crippen molar-refractivity contribution in [1.29, 1.82) is 0 Å². The largest absolute Gasteiger partial charge is 0.0881 e. The average Bonchev–Trinajstić information content (AvgIpc) is 3.43. The van der Waals surface area contributed by atoms with E-state index >= 15 is 0 Å². The summed E-state index contributed by atoms with van der Waals surface area (Å²) in [5.74, 6) is 0. The van der Waals surface area contributed by atoms with E-state index in [0.29, 0.717) is 0 Å². The van der Waals surface area contributed by atoms with Crippen LogP contribution in [0.1, 0.15) is 22.3 Å². The van der Waals surface area contributed by atoms with Crippen molar-refractivity contribution in [3.63, 3.8) is 0 Å². The van der Waals surface area contributed by atoms with Gasteiger partial charge >= 0.3 is 0 Å². The maximum Gasteiger partial charge on any atom is 0.0714 e. The number of fused-ring (bicyclic) bond motifs is 7. The van der Waals surface area contributed by atoms with Crippen LogP contribution in [-0.4, -0.2) is 0 Å². The van der Waals surface area contributed by atoms with Crippen LogP contribution in [0.15, 0.2) is 180 Å². The molecule has 0 aromatic heterocycles. The van der Waals surface area contributed by atoms with Gasteiger partial charge < -0.3 is 0 Å². The van der Waals surface area contributed by atoms with Crippen molar-refractivity contribution in [1.82, 2.24) is 0 Å². The molecule has 0 N–H and O–H groups in total. The molecule has 0 bridgehead atoms. The first kappa shape index (κ1) is 25.9. The molecule has 8 aromatic carbocycles. The maximum atomic E-state index is 2.51. The molecule has 1 heteroatoms. The molecule has 8 aromatic rings. The summed E-state index contributed by atoms with van der Waals surface area (Å²) in [4.78, 5) is 2.66. The summed E-state index contributed by atoms with van der Waals surface area (Å²) in [5, 5.41) is 5.23. The second-order valence-corrected chi connectivity index (χ2v) is 13.4. The third-order valence-electron chi connectivity index (χ3n) is 10.1. The number of benzene rings is 8. The molecule has 0 amide bonds. The highest BCUT2D eigenvalue weighted by Gasteiger charge is 2.46. The second-order valence-electron chi connectivity index (χ2n) is 12.4. The Morgan fingerprint density at radius 2 is 1.07 bits per heavy atom. The molecule has 0 unspecified atom stereocenters. The summed E-state index contributed by atoms with van der Waals surface area (Å²) >= 11 is 1.91. The predicted molar refractivity (Wildman–Crippen MR) is 194 cm³/mol. The van der Waals surface area contributed by atoms with Gasteiger partial charge in [0.15, 0.2) is 0 Å². The van der Waals surface area contributed by atoms with E-state index in [0.717, 1.165) is 0 Å². The Balaban J connectivity index is 1.31. The van der Waals surface area contributed by atoms with Crippen LogP contribution in [0, 0.1) is 0 Å². The first-order valence-electron chi connectivity index (χ1n) is 15.9. The Morgan fingerprint density at radius 3 is 1.89 bits per heavy atom. The van der Waals surface area contributed by atoms with Gasteiger partial charge in [0.2, 0.25) is 0 Å². The van der Waals surface area contributed by atoms with Crippen LogP contribution < -0.4 is 0 Å². The van der Waals surface area contributed by atoms with Gasteiger partial charge in [-0.05, 0) is 83.9 Å². The molecular weight excluding hydrogens is 573 g/mol. The van der Waals surface area contributed by atoms with Gasteiger partial charge in [-0.2, -0.15) is 0 Å². The lowest BCUT2D eigenvalue weighted by molar-refractivity contribution is 0.769. The molecule has 0 radical (unpaired) electrons. The van der Waals surface area contributed by atoms with Crippen molar-refractivity contribution in [2.45, 2.75) is 15.2 Å². The summed E-state index contributed by atoms with van der Waals surface area (Å²) < 4.78 is 0. The summed E-state index contributed by atoms with van der Waals surface area (Å²) in [6, 6.07) is 63.3. The molecule has 1 aliphatic heterocycles. The molecule has 0 nitrogen and oxygen atoms in total. The second kappa shape index (κ2) is 9.81. The maximum absolute atomic E-state index is 2.51. The fourth-order valence-electron chi connectivity index (χ4n) is 8.22. The van der Waals surface area contributed by atoms with E-state index in [-0.39, 0.29) is 0 Å². The van der Waals surface area contributed by atoms with Crippen molar-refractivity contribution in [2.75, 3.05) is 0 Å². The molecule has 214 valence electrons. The highest BCUT2D eigenvalue weighted by molar-refractivity contribution is 8.00. The van der Waals surface area contributed by atoms with Crippen LogP contribution in [-0.2, 0) is 5.41 Å². The van der Waals surface area contributed by atoms with Crippen molar-refractivity contribution in [2.24, 2.45) is 0 Å². The summed E-state index contributed by atoms with van der Waals surface area (Å²) in [6.07, 6.45) is 0. The normalized spacial score (nSPS) is 13.7. The number of hydrogen-bond acceptors (Lipinski definition) is 1. The molecule has 1 heterocycles. The van der Waals surface area contributed by atoms with E-state index in [4.69, 9.17) is 0 Å². The van der Waals surface area contributed by atoms with Gasteiger partial charge in [-0.3, -0.25) is 0 Å². The van der Waals surface area contributed by atoms with Gasteiger partial charge in [0.25, 0.3) is 0 Å². The van der Waals surface area contributed by atoms with Gasteiger partial charge in [0.1, 0.15) is 0 Å². The van der Waals surface area contributed by atoms with Crippen LogP contribution in [0.2, 0.25) is 0 Å². The molecule has 2 aliphatic rings.